The monoisotopic (exact) mass is 318 g/mol. The Hall–Kier alpha value is -1.00. The summed E-state index contributed by atoms with van der Waals surface area (Å²) in [6.07, 6.45) is 5.56. The number of anilines is 1. The Morgan fingerprint density at radius 3 is 2.64 bits per heavy atom. The average molecular weight is 318 g/mol. The van der Waals surface area contributed by atoms with E-state index in [9.17, 15) is 4.79 Å². The normalized spacial score (nSPS) is 27.1. The number of fused-ring (bicyclic) bond motifs is 2. The van der Waals surface area contributed by atoms with Crippen molar-refractivity contribution in [2.45, 2.75) is 68.2 Å². The maximum absolute atomic E-state index is 12.4. The van der Waals surface area contributed by atoms with Crippen LogP contribution in [0.3, 0.4) is 0 Å². The second-order valence-corrected chi connectivity index (χ2v) is 8.51. The number of carbonyl (C=O) groups is 1. The van der Waals surface area contributed by atoms with Gasteiger partial charge < -0.3 is 10.6 Å². The van der Waals surface area contributed by atoms with Crippen molar-refractivity contribution in [1.29, 1.82) is 0 Å². The van der Waals surface area contributed by atoms with Crippen LogP contribution < -0.4 is 10.6 Å². The molecule has 4 heteroatoms. The lowest BCUT2D eigenvalue weighted by atomic mass is 9.89. The van der Waals surface area contributed by atoms with Gasteiger partial charge in [0.25, 0.3) is 0 Å². The van der Waals surface area contributed by atoms with Gasteiger partial charge in [-0.1, -0.05) is 26.0 Å². The molecule has 0 spiro atoms. The Balaban J connectivity index is 1.58. The highest BCUT2D eigenvalue weighted by Gasteiger charge is 2.34. The van der Waals surface area contributed by atoms with Gasteiger partial charge >= 0.3 is 0 Å². The average Bonchev–Trinajstić information content (AvgIpc) is 2.79. The lowest BCUT2D eigenvalue weighted by Gasteiger charge is -2.28. The minimum atomic E-state index is 0.170. The lowest BCUT2D eigenvalue weighted by molar-refractivity contribution is -0.117. The Morgan fingerprint density at radius 2 is 1.95 bits per heavy atom. The van der Waals surface area contributed by atoms with Gasteiger partial charge in [-0.05, 0) is 43.7 Å². The van der Waals surface area contributed by atoms with E-state index < -0.39 is 0 Å². The molecular weight excluding hydrogens is 292 g/mol. The maximum Gasteiger partial charge on any atom is 0.224 e. The first kappa shape index (κ1) is 15.9. The second kappa shape index (κ2) is 7.05. The number of nitrogens with one attached hydrogen (secondary N) is 2. The van der Waals surface area contributed by atoms with Crippen molar-refractivity contribution in [3.8, 4) is 0 Å². The fraction of sp³-hybridized carbons (Fsp3) is 0.611. The molecule has 2 aliphatic heterocycles. The molecule has 2 unspecified atom stereocenters. The molecule has 2 heterocycles. The largest absolute Gasteiger partial charge is 0.325 e. The van der Waals surface area contributed by atoms with Crippen molar-refractivity contribution in [1.82, 2.24) is 5.32 Å². The van der Waals surface area contributed by atoms with Crippen LogP contribution in [0.5, 0.6) is 0 Å². The smallest absolute Gasteiger partial charge is 0.224 e. The first-order valence-corrected chi connectivity index (χ1v) is 9.29. The van der Waals surface area contributed by atoms with Gasteiger partial charge in [0.2, 0.25) is 5.91 Å². The zero-order valence-corrected chi connectivity index (χ0v) is 14.3. The van der Waals surface area contributed by atoms with Gasteiger partial charge in [-0.2, -0.15) is 0 Å². The molecule has 2 N–H and O–H groups in total. The van der Waals surface area contributed by atoms with E-state index >= 15 is 0 Å². The van der Waals surface area contributed by atoms with Crippen LogP contribution in [-0.4, -0.2) is 23.2 Å². The first-order valence-electron chi connectivity index (χ1n) is 8.41. The van der Waals surface area contributed by atoms with E-state index in [0.29, 0.717) is 29.7 Å². The van der Waals surface area contributed by atoms with E-state index in [4.69, 9.17) is 0 Å². The number of hydrogen-bond acceptors (Lipinski definition) is 3. The third kappa shape index (κ3) is 4.05. The van der Waals surface area contributed by atoms with E-state index in [1.807, 2.05) is 18.2 Å². The van der Waals surface area contributed by atoms with Crippen molar-refractivity contribution in [2.24, 2.45) is 5.92 Å². The molecule has 0 radical (unpaired) electrons. The molecule has 2 aliphatic rings. The molecule has 2 saturated heterocycles. The summed E-state index contributed by atoms with van der Waals surface area (Å²) in [6.45, 7) is 4.35. The molecule has 2 bridgehead atoms. The summed E-state index contributed by atoms with van der Waals surface area (Å²) in [4.78, 5) is 13.6. The van der Waals surface area contributed by atoms with E-state index in [2.05, 4.69) is 30.5 Å². The third-order valence-corrected chi connectivity index (χ3v) is 5.65. The van der Waals surface area contributed by atoms with Crippen LogP contribution >= 0.6 is 11.8 Å². The highest BCUT2D eigenvalue weighted by Crippen LogP contribution is 2.34. The fourth-order valence-electron chi connectivity index (χ4n) is 3.73. The van der Waals surface area contributed by atoms with E-state index in [1.165, 1.54) is 12.8 Å². The van der Waals surface area contributed by atoms with E-state index in [0.717, 1.165) is 23.4 Å². The number of thioether (sulfide) groups is 1. The summed E-state index contributed by atoms with van der Waals surface area (Å²) < 4.78 is 0. The Kier molecular flexibility index (Phi) is 5.09. The number of amides is 1. The molecule has 1 aromatic carbocycles. The number of para-hydroxylation sites is 1. The Morgan fingerprint density at radius 1 is 1.27 bits per heavy atom. The quantitative estimate of drug-likeness (QED) is 0.805. The molecule has 0 aromatic heterocycles. The number of benzene rings is 1. The summed E-state index contributed by atoms with van der Waals surface area (Å²) in [5.74, 6) is 0.715. The Labute approximate surface area is 137 Å². The van der Waals surface area contributed by atoms with Gasteiger partial charge in [0, 0.05) is 28.6 Å². The van der Waals surface area contributed by atoms with E-state index in [-0.39, 0.29) is 5.91 Å². The predicted molar refractivity (Wildman–Crippen MR) is 93.4 cm³/mol. The van der Waals surface area contributed by atoms with Crippen LogP contribution in [0.2, 0.25) is 0 Å². The van der Waals surface area contributed by atoms with Crippen LogP contribution in [0.25, 0.3) is 0 Å². The zero-order chi connectivity index (χ0) is 15.5. The molecule has 0 aliphatic carbocycles. The molecule has 3 rings (SSSR count). The molecule has 2 atom stereocenters. The van der Waals surface area contributed by atoms with Crippen molar-refractivity contribution in [3.05, 3.63) is 24.3 Å². The molecule has 22 heavy (non-hydrogen) atoms. The zero-order valence-electron chi connectivity index (χ0n) is 13.5. The molecule has 120 valence electrons. The summed E-state index contributed by atoms with van der Waals surface area (Å²) in [5, 5.41) is 7.28. The van der Waals surface area contributed by atoms with Crippen LogP contribution in [0, 0.1) is 5.92 Å². The van der Waals surface area contributed by atoms with Gasteiger partial charge in [-0.25, -0.2) is 0 Å². The van der Waals surface area contributed by atoms with Gasteiger partial charge in [-0.3, -0.25) is 4.79 Å². The fourth-order valence-corrected chi connectivity index (χ4v) is 4.64. The summed E-state index contributed by atoms with van der Waals surface area (Å²) in [7, 11) is 0. The standard InChI is InChI=1S/C18H26N2OS/c1-12(2)22-17-6-4-3-5-16(17)20-18(21)11-13-9-14-7-8-15(10-13)19-14/h3-6,12-15,19H,7-11H2,1-2H3,(H,20,21). The van der Waals surface area contributed by atoms with Crippen LogP contribution in [0.1, 0.15) is 46.0 Å². The Bertz CT molecular complexity index is 520. The highest BCUT2D eigenvalue weighted by molar-refractivity contribution is 8.00. The van der Waals surface area contributed by atoms with Crippen molar-refractivity contribution >= 4 is 23.4 Å². The van der Waals surface area contributed by atoms with Gasteiger partial charge in [-0.15, -0.1) is 11.8 Å². The molecule has 0 saturated carbocycles. The van der Waals surface area contributed by atoms with Crippen molar-refractivity contribution < 1.29 is 4.79 Å². The minimum Gasteiger partial charge on any atom is -0.325 e. The van der Waals surface area contributed by atoms with Gasteiger partial charge in [0.15, 0.2) is 0 Å². The third-order valence-electron chi connectivity index (χ3n) is 4.57. The number of piperidine rings is 1. The SMILES string of the molecule is CC(C)Sc1ccccc1NC(=O)CC1CC2CCC(C1)N2. The van der Waals surface area contributed by atoms with Crippen molar-refractivity contribution in [3.63, 3.8) is 0 Å². The predicted octanol–water partition coefficient (Wildman–Crippen LogP) is 4.05. The molecule has 2 fully saturated rings. The molecule has 1 amide bonds. The number of hydrogen-bond donors (Lipinski definition) is 2. The first-order chi connectivity index (χ1) is 10.6. The second-order valence-electron chi connectivity index (χ2n) is 6.89. The molecular formula is C18H26N2OS. The number of rotatable bonds is 5. The van der Waals surface area contributed by atoms with Crippen molar-refractivity contribution in [2.75, 3.05) is 5.32 Å². The van der Waals surface area contributed by atoms with Gasteiger partial charge in [0.05, 0.1) is 5.69 Å². The van der Waals surface area contributed by atoms with E-state index in [1.54, 1.807) is 11.8 Å². The lowest BCUT2D eigenvalue weighted by Crippen LogP contribution is -2.39. The number of carbonyl (C=O) groups excluding carboxylic acids is 1. The van der Waals surface area contributed by atoms with Gasteiger partial charge in [0.1, 0.15) is 0 Å². The summed E-state index contributed by atoms with van der Waals surface area (Å²) >= 11 is 1.80. The maximum atomic E-state index is 12.4. The topological polar surface area (TPSA) is 41.1 Å². The minimum absolute atomic E-state index is 0.170. The molecule has 3 nitrogen and oxygen atoms in total. The molecule has 1 aromatic rings. The van der Waals surface area contributed by atoms with Crippen LogP contribution in [-0.2, 0) is 4.79 Å². The summed E-state index contributed by atoms with van der Waals surface area (Å²) in [6, 6.07) is 9.43. The van der Waals surface area contributed by atoms with Crippen LogP contribution in [0.15, 0.2) is 29.2 Å². The summed E-state index contributed by atoms with van der Waals surface area (Å²) in [5.41, 5.74) is 0.961. The highest BCUT2D eigenvalue weighted by atomic mass is 32.2. The van der Waals surface area contributed by atoms with Crippen LogP contribution in [0.4, 0.5) is 5.69 Å².